The van der Waals surface area contributed by atoms with Crippen molar-refractivity contribution in [3.63, 3.8) is 0 Å². The van der Waals surface area contributed by atoms with Crippen molar-refractivity contribution in [2.75, 3.05) is 46.9 Å². The molecule has 0 aliphatic carbocycles. The highest BCUT2D eigenvalue weighted by Gasteiger charge is 2.20. The van der Waals surface area contributed by atoms with Crippen LogP contribution in [0.2, 0.25) is 5.02 Å². The minimum atomic E-state index is 0.0113. The lowest BCUT2D eigenvalue weighted by Gasteiger charge is -2.25. The molecule has 5 nitrogen and oxygen atoms in total. The Kier molecular flexibility index (Phi) is 5.56. The number of H-pyrrole nitrogens is 1. The van der Waals surface area contributed by atoms with Crippen molar-refractivity contribution >= 4 is 22.5 Å². The van der Waals surface area contributed by atoms with E-state index in [-0.39, 0.29) is 5.43 Å². The maximum atomic E-state index is 12.3. The molecule has 1 aromatic heterocycles. The number of para-hydroxylation sites is 1. The molecule has 1 fully saturated rings. The fourth-order valence-electron chi connectivity index (χ4n) is 3.34. The maximum absolute atomic E-state index is 12.3. The number of fused-ring (bicyclic) bond motifs is 1. The molecule has 0 bridgehead atoms. The molecule has 0 radical (unpaired) electrons. The van der Waals surface area contributed by atoms with Crippen molar-refractivity contribution in [1.29, 1.82) is 0 Å². The van der Waals surface area contributed by atoms with E-state index < -0.39 is 0 Å². The first-order valence-corrected chi connectivity index (χ1v) is 8.66. The zero-order valence-corrected chi connectivity index (χ0v) is 15.0. The highest BCUT2D eigenvalue weighted by Crippen LogP contribution is 2.20. The molecule has 0 spiro atoms. The average molecular weight is 350 g/mol. The largest absolute Gasteiger partial charge is 0.380 e. The van der Waals surface area contributed by atoms with E-state index in [0.717, 1.165) is 44.1 Å². The van der Waals surface area contributed by atoms with E-state index in [1.807, 2.05) is 0 Å². The van der Waals surface area contributed by atoms with E-state index in [1.165, 1.54) is 0 Å². The fourth-order valence-corrected chi connectivity index (χ4v) is 3.56. The zero-order valence-electron chi connectivity index (χ0n) is 14.2. The van der Waals surface area contributed by atoms with Gasteiger partial charge in [-0.1, -0.05) is 17.7 Å². The minimum Gasteiger partial charge on any atom is -0.380 e. The molecule has 130 valence electrons. The second-order valence-corrected chi connectivity index (χ2v) is 7.17. The van der Waals surface area contributed by atoms with Gasteiger partial charge in [-0.2, -0.15) is 0 Å². The third kappa shape index (κ3) is 4.16. The second-order valence-electron chi connectivity index (χ2n) is 6.76. The summed E-state index contributed by atoms with van der Waals surface area (Å²) in [5.41, 5.74) is 1.63. The number of nitrogens with one attached hydrogen (secondary N) is 1. The predicted octanol–water partition coefficient (Wildman–Crippen LogP) is 2.19. The first-order chi connectivity index (χ1) is 11.5. The number of halogens is 1. The van der Waals surface area contributed by atoms with Gasteiger partial charge in [0.15, 0.2) is 5.43 Å². The number of hydrogen-bond donors (Lipinski definition) is 1. The van der Waals surface area contributed by atoms with Crippen LogP contribution < -0.4 is 5.43 Å². The minimum absolute atomic E-state index is 0.0113. The van der Waals surface area contributed by atoms with Gasteiger partial charge in [0.05, 0.1) is 23.8 Å². The Bertz CT molecular complexity index is 760. The SMILES string of the molecule is CN(C)CC1COCCN(Cc2cc(=O)c3cccc(Cl)c3[nH]2)C1. The Labute approximate surface area is 147 Å². The van der Waals surface area contributed by atoms with Crippen molar-refractivity contribution in [2.45, 2.75) is 6.54 Å². The van der Waals surface area contributed by atoms with Crippen LogP contribution in [0.4, 0.5) is 0 Å². The lowest BCUT2D eigenvalue weighted by atomic mass is 10.1. The van der Waals surface area contributed by atoms with Crippen LogP contribution in [-0.2, 0) is 11.3 Å². The van der Waals surface area contributed by atoms with E-state index in [9.17, 15) is 4.79 Å². The molecule has 0 amide bonds. The Morgan fingerprint density at radius 3 is 3.04 bits per heavy atom. The van der Waals surface area contributed by atoms with Crippen LogP contribution in [0, 0.1) is 5.92 Å². The van der Waals surface area contributed by atoms with Crippen molar-refractivity contribution in [3.05, 3.63) is 45.2 Å². The average Bonchev–Trinajstić information content (AvgIpc) is 2.73. The lowest BCUT2D eigenvalue weighted by Crippen LogP contribution is -2.34. The molecule has 0 saturated carbocycles. The van der Waals surface area contributed by atoms with Crippen LogP contribution in [0.25, 0.3) is 10.9 Å². The smallest absolute Gasteiger partial charge is 0.189 e. The van der Waals surface area contributed by atoms with E-state index in [0.29, 0.717) is 22.9 Å². The molecule has 1 aromatic carbocycles. The Hall–Kier alpha value is -1.40. The Balaban J connectivity index is 1.80. The van der Waals surface area contributed by atoms with Crippen LogP contribution >= 0.6 is 11.6 Å². The summed E-state index contributed by atoms with van der Waals surface area (Å²) in [6.45, 7) is 5.03. The summed E-state index contributed by atoms with van der Waals surface area (Å²) >= 11 is 6.24. The number of aromatic nitrogens is 1. The van der Waals surface area contributed by atoms with Gasteiger partial charge in [0.1, 0.15) is 0 Å². The Morgan fingerprint density at radius 2 is 2.25 bits per heavy atom. The summed E-state index contributed by atoms with van der Waals surface area (Å²) in [6, 6.07) is 7.09. The van der Waals surface area contributed by atoms with Gasteiger partial charge in [-0.3, -0.25) is 9.69 Å². The first-order valence-electron chi connectivity index (χ1n) is 8.28. The number of pyridine rings is 1. The van der Waals surface area contributed by atoms with E-state index >= 15 is 0 Å². The van der Waals surface area contributed by atoms with Crippen molar-refractivity contribution in [2.24, 2.45) is 5.92 Å². The summed E-state index contributed by atoms with van der Waals surface area (Å²) < 4.78 is 5.73. The normalized spacial score (nSPS) is 19.8. The van der Waals surface area contributed by atoms with Crippen molar-refractivity contribution in [3.8, 4) is 0 Å². The molecular formula is C18H24ClN3O2. The van der Waals surface area contributed by atoms with Gasteiger partial charge < -0.3 is 14.6 Å². The third-order valence-corrected chi connectivity index (χ3v) is 4.62. The maximum Gasteiger partial charge on any atom is 0.189 e. The summed E-state index contributed by atoms with van der Waals surface area (Å²) in [6.07, 6.45) is 0. The lowest BCUT2D eigenvalue weighted by molar-refractivity contribution is 0.112. The van der Waals surface area contributed by atoms with E-state index in [4.69, 9.17) is 16.3 Å². The van der Waals surface area contributed by atoms with Gasteiger partial charge in [-0.25, -0.2) is 0 Å². The van der Waals surface area contributed by atoms with Crippen LogP contribution in [0.15, 0.2) is 29.1 Å². The summed E-state index contributed by atoms with van der Waals surface area (Å²) in [7, 11) is 4.16. The monoisotopic (exact) mass is 349 g/mol. The van der Waals surface area contributed by atoms with Crippen molar-refractivity contribution in [1.82, 2.24) is 14.8 Å². The van der Waals surface area contributed by atoms with Gasteiger partial charge in [0, 0.05) is 49.2 Å². The van der Waals surface area contributed by atoms with Gasteiger partial charge in [-0.05, 0) is 26.2 Å². The molecule has 1 aliphatic rings. The molecule has 1 aliphatic heterocycles. The summed E-state index contributed by atoms with van der Waals surface area (Å²) in [4.78, 5) is 20.2. The van der Waals surface area contributed by atoms with Crippen LogP contribution in [0.5, 0.6) is 0 Å². The molecule has 3 rings (SSSR count). The fraction of sp³-hybridized carbons (Fsp3) is 0.500. The molecule has 2 heterocycles. The predicted molar refractivity (Wildman–Crippen MR) is 97.7 cm³/mol. The first kappa shape index (κ1) is 17.4. The topological polar surface area (TPSA) is 48.6 Å². The summed E-state index contributed by atoms with van der Waals surface area (Å²) in [5.74, 6) is 0.471. The molecule has 1 saturated heterocycles. The molecule has 6 heteroatoms. The molecule has 1 N–H and O–H groups in total. The Morgan fingerprint density at radius 1 is 1.42 bits per heavy atom. The standard InChI is InChI=1S/C18H24ClN3O2/c1-21(2)9-13-10-22(6-7-24-12-13)11-14-8-17(23)15-4-3-5-16(19)18(15)20-14/h3-5,8,13H,6-7,9-12H2,1-2H3,(H,20,23). The van der Waals surface area contributed by atoms with Gasteiger partial charge in [-0.15, -0.1) is 0 Å². The van der Waals surface area contributed by atoms with Crippen molar-refractivity contribution < 1.29 is 4.74 Å². The molecule has 1 atom stereocenters. The number of benzene rings is 1. The van der Waals surface area contributed by atoms with Gasteiger partial charge >= 0.3 is 0 Å². The molecule has 1 unspecified atom stereocenters. The van der Waals surface area contributed by atoms with E-state index in [2.05, 4.69) is 28.9 Å². The highest BCUT2D eigenvalue weighted by molar-refractivity contribution is 6.35. The molecular weight excluding hydrogens is 326 g/mol. The number of ether oxygens (including phenoxy) is 1. The van der Waals surface area contributed by atoms with E-state index in [1.54, 1.807) is 24.3 Å². The van der Waals surface area contributed by atoms with Crippen LogP contribution in [0.1, 0.15) is 5.69 Å². The quantitative estimate of drug-likeness (QED) is 0.919. The number of nitrogens with zero attached hydrogens (tertiary/aromatic N) is 2. The zero-order chi connectivity index (χ0) is 17.1. The number of aromatic amines is 1. The molecule has 24 heavy (non-hydrogen) atoms. The number of rotatable bonds is 4. The molecule has 2 aromatic rings. The van der Waals surface area contributed by atoms with Crippen LogP contribution in [-0.4, -0.2) is 61.7 Å². The van der Waals surface area contributed by atoms with Gasteiger partial charge in [0.2, 0.25) is 0 Å². The van der Waals surface area contributed by atoms with Gasteiger partial charge in [0.25, 0.3) is 0 Å². The second kappa shape index (κ2) is 7.66. The highest BCUT2D eigenvalue weighted by atomic mass is 35.5. The summed E-state index contributed by atoms with van der Waals surface area (Å²) in [5, 5.41) is 1.21. The van der Waals surface area contributed by atoms with Crippen LogP contribution in [0.3, 0.4) is 0 Å². The number of hydrogen-bond acceptors (Lipinski definition) is 4. The third-order valence-electron chi connectivity index (χ3n) is 4.31.